The summed E-state index contributed by atoms with van der Waals surface area (Å²) in [5.41, 5.74) is 0.198. The SMILES string of the molecule is Cn1c(COc2cccc(C(F)(F)F)c2)nnc1C1CCC(/C(C=N)=C/N=CC2CC[C@@H](CN3CCC3)OC2)CC1. The molecule has 1 unspecified atom stereocenters. The van der Waals surface area contributed by atoms with E-state index in [2.05, 4.69) is 20.1 Å². The van der Waals surface area contributed by atoms with Gasteiger partial charge in [-0.15, -0.1) is 10.2 Å². The Labute approximate surface area is 239 Å². The molecule has 8 nitrogen and oxygen atoms in total. The second-order valence-electron chi connectivity index (χ2n) is 11.4. The molecule has 2 saturated heterocycles. The number of aliphatic imine (C=N–C) groups is 1. The number of aromatic nitrogens is 3. The molecule has 11 heteroatoms. The Balaban J connectivity index is 1.09. The Bertz CT molecular complexity index is 1220. The summed E-state index contributed by atoms with van der Waals surface area (Å²) in [4.78, 5) is 7.04. The minimum Gasteiger partial charge on any atom is -0.486 e. The van der Waals surface area contributed by atoms with Crippen LogP contribution in [0.15, 0.2) is 41.0 Å². The average Bonchev–Trinajstić information content (AvgIpc) is 3.32. The number of nitrogens with zero attached hydrogens (tertiary/aromatic N) is 5. The zero-order valence-corrected chi connectivity index (χ0v) is 23.5. The molecule has 1 aliphatic carbocycles. The predicted octanol–water partition coefficient (Wildman–Crippen LogP) is 5.79. The molecule has 1 N–H and O–H groups in total. The number of hydrogen-bond acceptors (Lipinski definition) is 7. The second-order valence-corrected chi connectivity index (χ2v) is 11.4. The van der Waals surface area contributed by atoms with Gasteiger partial charge in [0.05, 0.1) is 18.3 Å². The Morgan fingerprint density at radius 2 is 1.95 bits per heavy atom. The maximum absolute atomic E-state index is 13.0. The lowest BCUT2D eigenvalue weighted by molar-refractivity contribution is -0.137. The molecule has 5 rings (SSSR count). The van der Waals surface area contributed by atoms with Gasteiger partial charge in [0, 0.05) is 44.1 Å². The zero-order chi connectivity index (χ0) is 28.8. The molecule has 1 aromatic heterocycles. The number of nitrogens with one attached hydrogen (secondary N) is 1. The van der Waals surface area contributed by atoms with Gasteiger partial charge in [0.15, 0.2) is 5.82 Å². The molecule has 1 saturated carbocycles. The molecule has 3 heterocycles. The highest BCUT2D eigenvalue weighted by atomic mass is 19.4. The minimum absolute atomic E-state index is 0.0317. The Hall–Kier alpha value is -3.05. The van der Waals surface area contributed by atoms with Gasteiger partial charge in [-0.3, -0.25) is 4.99 Å². The maximum Gasteiger partial charge on any atom is 0.416 e. The van der Waals surface area contributed by atoms with E-state index in [0.717, 1.165) is 68.6 Å². The summed E-state index contributed by atoms with van der Waals surface area (Å²) in [7, 11) is 1.87. The molecule has 2 aliphatic heterocycles. The summed E-state index contributed by atoms with van der Waals surface area (Å²) >= 11 is 0. The van der Waals surface area contributed by atoms with Crippen molar-refractivity contribution in [3.63, 3.8) is 0 Å². The Kier molecular flexibility index (Phi) is 9.54. The van der Waals surface area contributed by atoms with E-state index in [1.807, 2.05) is 24.0 Å². The molecule has 222 valence electrons. The number of benzene rings is 1. The molecular formula is C30H39F3N6O2. The highest BCUT2D eigenvalue weighted by molar-refractivity contribution is 5.77. The summed E-state index contributed by atoms with van der Waals surface area (Å²) in [5, 5.41) is 16.6. The second kappa shape index (κ2) is 13.3. The topological polar surface area (TPSA) is 88.6 Å². The monoisotopic (exact) mass is 572 g/mol. The number of allylic oxidation sites excluding steroid dienone is 1. The quantitative estimate of drug-likeness (QED) is 0.364. The smallest absolute Gasteiger partial charge is 0.416 e. The van der Waals surface area contributed by atoms with Gasteiger partial charge < -0.3 is 24.4 Å². The van der Waals surface area contributed by atoms with Crippen molar-refractivity contribution in [1.29, 1.82) is 5.41 Å². The van der Waals surface area contributed by atoms with Crippen molar-refractivity contribution >= 4 is 12.4 Å². The summed E-state index contributed by atoms with van der Waals surface area (Å²) in [6.45, 7) is 4.19. The number of likely N-dealkylation sites (tertiary alicyclic amines) is 1. The number of rotatable bonds is 10. The third-order valence-electron chi connectivity index (χ3n) is 8.59. The molecule has 3 fully saturated rings. The zero-order valence-electron chi connectivity index (χ0n) is 23.5. The van der Waals surface area contributed by atoms with E-state index in [9.17, 15) is 13.2 Å². The van der Waals surface area contributed by atoms with E-state index in [-0.39, 0.29) is 24.2 Å². The fourth-order valence-corrected chi connectivity index (χ4v) is 5.90. The molecule has 41 heavy (non-hydrogen) atoms. The van der Waals surface area contributed by atoms with E-state index in [1.54, 1.807) is 0 Å². The molecule has 3 aliphatic rings. The van der Waals surface area contributed by atoms with Crippen LogP contribution in [0.1, 0.15) is 68.1 Å². The van der Waals surface area contributed by atoms with E-state index < -0.39 is 11.7 Å². The number of ether oxygens (including phenoxy) is 2. The lowest BCUT2D eigenvalue weighted by Gasteiger charge is -2.36. The van der Waals surface area contributed by atoms with Crippen molar-refractivity contribution < 1.29 is 22.6 Å². The fraction of sp³-hybridized carbons (Fsp3) is 0.600. The van der Waals surface area contributed by atoms with Crippen LogP contribution in [0, 0.1) is 17.2 Å². The van der Waals surface area contributed by atoms with E-state index in [4.69, 9.17) is 14.9 Å². The Morgan fingerprint density at radius 1 is 1.15 bits per heavy atom. The van der Waals surface area contributed by atoms with Gasteiger partial charge in [-0.05, 0) is 87.7 Å². The van der Waals surface area contributed by atoms with Crippen molar-refractivity contribution in [3.8, 4) is 5.75 Å². The van der Waals surface area contributed by atoms with Crippen molar-refractivity contribution in [2.45, 2.75) is 69.8 Å². The lowest BCUT2D eigenvalue weighted by atomic mass is 9.78. The van der Waals surface area contributed by atoms with Crippen molar-refractivity contribution in [1.82, 2.24) is 19.7 Å². The van der Waals surface area contributed by atoms with Gasteiger partial charge in [-0.1, -0.05) is 6.07 Å². The van der Waals surface area contributed by atoms with Gasteiger partial charge in [-0.25, -0.2) is 0 Å². The first-order valence-corrected chi connectivity index (χ1v) is 14.6. The largest absolute Gasteiger partial charge is 0.486 e. The first kappa shape index (κ1) is 29.4. The summed E-state index contributed by atoms with van der Waals surface area (Å²) < 4.78 is 52.5. The van der Waals surface area contributed by atoms with Gasteiger partial charge in [-0.2, -0.15) is 13.2 Å². The molecule has 0 amide bonds. The molecule has 0 spiro atoms. The third kappa shape index (κ3) is 7.62. The van der Waals surface area contributed by atoms with Crippen LogP contribution in [0.25, 0.3) is 0 Å². The summed E-state index contributed by atoms with van der Waals surface area (Å²) in [6.07, 6.45) is 8.31. The van der Waals surface area contributed by atoms with Gasteiger partial charge in [0.25, 0.3) is 0 Å². The number of halogens is 3. The Morgan fingerprint density at radius 3 is 2.61 bits per heavy atom. The number of hydrogen-bond donors (Lipinski definition) is 1. The van der Waals surface area contributed by atoms with Crippen molar-refractivity contribution in [3.05, 3.63) is 53.3 Å². The van der Waals surface area contributed by atoms with Crippen LogP contribution in [0.2, 0.25) is 0 Å². The normalized spacial score (nSPS) is 26.2. The van der Waals surface area contributed by atoms with Gasteiger partial charge in [0.2, 0.25) is 0 Å². The molecule has 2 aromatic rings. The minimum atomic E-state index is -4.42. The van der Waals surface area contributed by atoms with Crippen LogP contribution in [0.3, 0.4) is 0 Å². The van der Waals surface area contributed by atoms with Crippen molar-refractivity contribution in [2.75, 3.05) is 26.2 Å². The van der Waals surface area contributed by atoms with Crippen LogP contribution in [0.4, 0.5) is 13.2 Å². The summed E-state index contributed by atoms with van der Waals surface area (Å²) in [5.74, 6) is 2.39. The molecule has 0 bridgehead atoms. The van der Waals surface area contributed by atoms with Crippen LogP contribution in [-0.4, -0.2) is 64.4 Å². The van der Waals surface area contributed by atoms with Gasteiger partial charge in [0.1, 0.15) is 18.2 Å². The average molecular weight is 573 g/mol. The maximum atomic E-state index is 13.0. The van der Waals surface area contributed by atoms with E-state index in [0.29, 0.717) is 24.5 Å². The van der Waals surface area contributed by atoms with Crippen molar-refractivity contribution in [2.24, 2.45) is 23.9 Å². The van der Waals surface area contributed by atoms with Crippen LogP contribution in [-0.2, 0) is 24.6 Å². The van der Waals surface area contributed by atoms with Crippen LogP contribution in [0.5, 0.6) is 5.75 Å². The molecule has 1 aromatic carbocycles. The molecule has 0 radical (unpaired) electrons. The summed E-state index contributed by atoms with van der Waals surface area (Å²) in [6, 6.07) is 4.84. The molecular weight excluding hydrogens is 533 g/mol. The first-order valence-electron chi connectivity index (χ1n) is 14.6. The predicted molar refractivity (Wildman–Crippen MR) is 150 cm³/mol. The fourth-order valence-electron chi connectivity index (χ4n) is 5.90. The van der Waals surface area contributed by atoms with Crippen LogP contribution >= 0.6 is 0 Å². The molecule has 2 atom stereocenters. The highest BCUT2D eigenvalue weighted by Gasteiger charge is 2.31. The van der Waals surface area contributed by atoms with Gasteiger partial charge >= 0.3 is 6.18 Å². The third-order valence-corrected chi connectivity index (χ3v) is 8.59. The number of alkyl halides is 3. The standard InChI is InChI=1S/C30H39F3N6O2/c1-38-28(20-41-26-5-2-4-25(14-26)30(31,32)33)36-37-29(38)23-9-7-22(8-10-23)24(15-34)17-35-16-21-6-11-27(40-19-21)18-39-12-3-13-39/h2,4-5,14-17,21-23,27,34H,3,6-13,18-20H2,1H3/b24-17+,34-15?,35-16?/t21?,22?,23?,27-/m0/s1. The highest BCUT2D eigenvalue weighted by Crippen LogP contribution is 2.38. The van der Waals surface area contributed by atoms with E-state index >= 15 is 0 Å². The van der Waals surface area contributed by atoms with E-state index in [1.165, 1.54) is 37.9 Å². The first-order chi connectivity index (χ1) is 19.8. The van der Waals surface area contributed by atoms with Crippen LogP contribution < -0.4 is 4.74 Å². The lowest BCUT2D eigenvalue weighted by Crippen LogP contribution is -2.44.